The Morgan fingerprint density at radius 2 is 1.72 bits per heavy atom. The number of fused-ring (bicyclic) bond motifs is 1. The highest BCUT2D eigenvalue weighted by Crippen LogP contribution is 2.16. The number of hydrogen-bond donors (Lipinski definition) is 1. The minimum Gasteiger partial charge on any atom is -0.382 e. The van der Waals surface area contributed by atoms with Gasteiger partial charge in [0.2, 0.25) is 0 Å². The van der Waals surface area contributed by atoms with E-state index in [1.54, 1.807) is 6.20 Å². The van der Waals surface area contributed by atoms with Gasteiger partial charge in [0, 0.05) is 18.8 Å². The molecule has 3 rings (SSSR count). The van der Waals surface area contributed by atoms with E-state index in [1.165, 1.54) is 0 Å². The summed E-state index contributed by atoms with van der Waals surface area (Å²) in [4.78, 5) is 13.0. The Balaban J connectivity index is 2.04. The van der Waals surface area contributed by atoms with E-state index in [-0.39, 0.29) is 0 Å². The van der Waals surface area contributed by atoms with Gasteiger partial charge in [0.05, 0.1) is 16.7 Å². The quantitative estimate of drug-likeness (QED) is 0.740. The molecular weight excluding hydrogens is 224 g/mol. The monoisotopic (exact) mass is 236 g/mol. The van der Waals surface area contributed by atoms with Gasteiger partial charge in [-0.1, -0.05) is 18.2 Å². The van der Waals surface area contributed by atoms with Crippen molar-refractivity contribution in [1.82, 2.24) is 15.0 Å². The second-order valence-electron chi connectivity index (χ2n) is 4.08. The normalized spacial score (nSPS) is 10.7. The van der Waals surface area contributed by atoms with Crippen LogP contribution in [0.1, 0.15) is 11.3 Å². The van der Waals surface area contributed by atoms with Crippen LogP contribution in [-0.4, -0.2) is 15.0 Å². The summed E-state index contributed by atoms with van der Waals surface area (Å²) >= 11 is 0. The van der Waals surface area contributed by atoms with Crippen LogP contribution in [0.25, 0.3) is 11.0 Å². The molecule has 0 spiro atoms. The second-order valence-corrected chi connectivity index (χ2v) is 4.08. The molecule has 4 heteroatoms. The molecule has 18 heavy (non-hydrogen) atoms. The van der Waals surface area contributed by atoms with E-state index in [0.717, 1.165) is 22.3 Å². The number of nitrogens with two attached hydrogens (primary N) is 1. The molecule has 1 aromatic carbocycles. The van der Waals surface area contributed by atoms with E-state index in [2.05, 4.69) is 15.0 Å². The first kappa shape index (κ1) is 10.7. The molecule has 2 heterocycles. The van der Waals surface area contributed by atoms with Crippen LogP contribution in [-0.2, 0) is 6.42 Å². The number of benzene rings is 1. The Labute approximate surface area is 105 Å². The zero-order chi connectivity index (χ0) is 12.4. The summed E-state index contributed by atoms with van der Waals surface area (Å²) in [6.07, 6.45) is 4.22. The highest BCUT2D eigenvalue weighted by atomic mass is 14.9. The summed E-state index contributed by atoms with van der Waals surface area (Å²) in [6.45, 7) is 0. The SMILES string of the molecule is Nc1nc2ccccc2nc1Cc1cccnc1. The second kappa shape index (κ2) is 4.41. The Morgan fingerprint density at radius 1 is 0.944 bits per heavy atom. The van der Waals surface area contributed by atoms with Crippen molar-refractivity contribution in [3.63, 3.8) is 0 Å². The minimum absolute atomic E-state index is 0.484. The number of nitrogens with zero attached hydrogens (tertiary/aromatic N) is 3. The fourth-order valence-electron chi connectivity index (χ4n) is 1.88. The maximum absolute atomic E-state index is 5.94. The van der Waals surface area contributed by atoms with E-state index >= 15 is 0 Å². The van der Waals surface area contributed by atoms with Crippen molar-refractivity contribution in [1.29, 1.82) is 0 Å². The molecule has 0 unspecified atom stereocenters. The maximum atomic E-state index is 5.94. The molecule has 0 aliphatic rings. The molecule has 0 amide bonds. The topological polar surface area (TPSA) is 64.7 Å². The van der Waals surface area contributed by atoms with Crippen LogP contribution in [0, 0.1) is 0 Å². The van der Waals surface area contributed by atoms with Crippen LogP contribution in [0.3, 0.4) is 0 Å². The van der Waals surface area contributed by atoms with E-state index in [9.17, 15) is 0 Å². The molecule has 2 aromatic heterocycles. The predicted molar refractivity (Wildman–Crippen MR) is 71.0 cm³/mol. The number of para-hydroxylation sites is 2. The lowest BCUT2D eigenvalue weighted by Crippen LogP contribution is -2.03. The van der Waals surface area contributed by atoms with Gasteiger partial charge in [0.1, 0.15) is 5.82 Å². The molecule has 0 aliphatic carbocycles. The molecule has 2 N–H and O–H groups in total. The summed E-state index contributed by atoms with van der Waals surface area (Å²) in [5.41, 5.74) is 9.50. The first-order valence-electron chi connectivity index (χ1n) is 5.73. The Morgan fingerprint density at radius 3 is 2.44 bits per heavy atom. The fourth-order valence-corrected chi connectivity index (χ4v) is 1.88. The van der Waals surface area contributed by atoms with Crippen molar-refractivity contribution < 1.29 is 0 Å². The lowest BCUT2D eigenvalue weighted by atomic mass is 10.1. The van der Waals surface area contributed by atoms with Gasteiger partial charge in [-0.2, -0.15) is 0 Å². The molecule has 0 atom stereocenters. The first-order chi connectivity index (χ1) is 8.83. The number of nitrogen functional groups attached to an aromatic ring is 1. The lowest BCUT2D eigenvalue weighted by molar-refractivity contribution is 1.06. The molecule has 0 fully saturated rings. The van der Waals surface area contributed by atoms with Gasteiger partial charge in [-0.15, -0.1) is 0 Å². The summed E-state index contributed by atoms with van der Waals surface area (Å²) in [7, 11) is 0. The molecule has 0 saturated carbocycles. The molecule has 4 nitrogen and oxygen atoms in total. The van der Waals surface area contributed by atoms with Crippen molar-refractivity contribution in [2.24, 2.45) is 0 Å². The largest absolute Gasteiger partial charge is 0.382 e. The van der Waals surface area contributed by atoms with Crippen LogP contribution in [0.2, 0.25) is 0 Å². The van der Waals surface area contributed by atoms with Gasteiger partial charge < -0.3 is 5.73 Å². The Kier molecular flexibility index (Phi) is 2.61. The average molecular weight is 236 g/mol. The van der Waals surface area contributed by atoms with Gasteiger partial charge in [0.15, 0.2) is 0 Å². The number of anilines is 1. The molecule has 88 valence electrons. The maximum Gasteiger partial charge on any atom is 0.146 e. The predicted octanol–water partition coefficient (Wildman–Crippen LogP) is 2.20. The van der Waals surface area contributed by atoms with E-state index in [4.69, 9.17) is 5.73 Å². The van der Waals surface area contributed by atoms with Crippen molar-refractivity contribution in [2.75, 3.05) is 5.73 Å². The summed E-state index contributed by atoms with van der Waals surface area (Å²) in [5.74, 6) is 0.484. The van der Waals surface area contributed by atoms with Gasteiger partial charge in [-0.05, 0) is 23.8 Å². The van der Waals surface area contributed by atoms with Crippen molar-refractivity contribution >= 4 is 16.9 Å². The molecule has 3 aromatic rings. The summed E-state index contributed by atoms with van der Waals surface area (Å²) in [6, 6.07) is 11.6. The molecule has 0 saturated heterocycles. The van der Waals surface area contributed by atoms with Crippen LogP contribution in [0.15, 0.2) is 48.8 Å². The van der Waals surface area contributed by atoms with E-state index < -0.39 is 0 Å². The number of aromatic nitrogens is 3. The van der Waals surface area contributed by atoms with Gasteiger partial charge in [-0.3, -0.25) is 4.98 Å². The van der Waals surface area contributed by atoms with Crippen LogP contribution in [0.4, 0.5) is 5.82 Å². The van der Waals surface area contributed by atoms with E-state index in [1.807, 2.05) is 42.6 Å². The molecule has 0 radical (unpaired) electrons. The fraction of sp³-hybridized carbons (Fsp3) is 0.0714. The average Bonchev–Trinajstić information content (AvgIpc) is 2.41. The number of rotatable bonds is 2. The lowest BCUT2D eigenvalue weighted by Gasteiger charge is -2.05. The van der Waals surface area contributed by atoms with Crippen LogP contribution in [0.5, 0.6) is 0 Å². The van der Waals surface area contributed by atoms with Crippen molar-refractivity contribution in [2.45, 2.75) is 6.42 Å². The number of pyridine rings is 1. The molecule has 0 bridgehead atoms. The Bertz CT molecular complexity index is 680. The molecule has 0 aliphatic heterocycles. The third kappa shape index (κ3) is 2.00. The zero-order valence-corrected chi connectivity index (χ0v) is 9.74. The standard InChI is InChI=1S/C14H12N4/c15-14-13(8-10-4-3-7-16-9-10)17-11-5-1-2-6-12(11)18-14/h1-7,9H,8H2,(H2,15,18). The van der Waals surface area contributed by atoms with Gasteiger partial charge in [-0.25, -0.2) is 9.97 Å². The van der Waals surface area contributed by atoms with E-state index in [0.29, 0.717) is 12.2 Å². The highest BCUT2D eigenvalue weighted by Gasteiger charge is 2.06. The van der Waals surface area contributed by atoms with Crippen LogP contribution >= 0.6 is 0 Å². The third-order valence-corrected chi connectivity index (χ3v) is 2.77. The summed E-state index contributed by atoms with van der Waals surface area (Å²) < 4.78 is 0. The van der Waals surface area contributed by atoms with Gasteiger partial charge in [0.25, 0.3) is 0 Å². The first-order valence-corrected chi connectivity index (χ1v) is 5.73. The summed E-state index contributed by atoms with van der Waals surface area (Å²) in [5, 5.41) is 0. The highest BCUT2D eigenvalue weighted by molar-refractivity contribution is 5.76. The third-order valence-electron chi connectivity index (χ3n) is 2.77. The number of hydrogen-bond acceptors (Lipinski definition) is 4. The van der Waals surface area contributed by atoms with Crippen molar-refractivity contribution in [3.8, 4) is 0 Å². The minimum atomic E-state index is 0.484. The van der Waals surface area contributed by atoms with Gasteiger partial charge >= 0.3 is 0 Å². The molecular formula is C14H12N4. The smallest absolute Gasteiger partial charge is 0.146 e. The zero-order valence-electron chi connectivity index (χ0n) is 9.74. The van der Waals surface area contributed by atoms with Crippen LogP contribution < -0.4 is 5.73 Å². The van der Waals surface area contributed by atoms with Crippen molar-refractivity contribution in [3.05, 3.63) is 60.0 Å². The Hall–Kier alpha value is -2.49.